The van der Waals surface area contributed by atoms with Crippen LogP contribution in [0.2, 0.25) is 0 Å². The summed E-state index contributed by atoms with van der Waals surface area (Å²) < 4.78 is 0. The van der Waals surface area contributed by atoms with Crippen molar-refractivity contribution in [2.24, 2.45) is 5.92 Å². The highest BCUT2D eigenvalue weighted by atomic mass is 32.1. The number of aryl methyl sites for hydroxylation is 1. The number of hydrogen-bond acceptors (Lipinski definition) is 4. The molecule has 0 bridgehead atoms. The fourth-order valence-corrected chi connectivity index (χ4v) is 1.70. The lowest BCUT2D eigenvalue weighted by Gasteiger charge is -2.19. The SMILES string of the molecule is Cc1nc(C(O)C(O)C(C)C)cs1. The Morgan fingerprint density at radius 2 is 2.00 bits per heavy atom. The molecule has 2 unspecified atom stereocenters. The molecule has 0 aliphatic rings. The Morgan fingerprint density at radius 1 is 1.38 bits per heavy atom. The van der Waals surface area contributed by atoms with Gasteiger partial charge in [0.1, 0.15) is 6.10 Å². The summed E-state index contributed by atoms with van der Waals surface area (Å²) in [6, 6.07) is 0. The molecule has 0 saturated carbocycles. The molecule has 3 nitrogen and oxygen atoms in total. The third kappa shape index (κ3) is 2.49. The van der Waals surface area contributed by atoms with Gasteiger partial charge in [0.15, 0.2) is 0 Å². The van der Waals surface area contributed by atoms with E-state index in [1.807, 2.05) is 20.8 Å². The van der Waals surface area contributed by atoms with Crippen molar-refractivity contribution >= 4 is 11.3 Å². The quantitative estimate of drug-likeness (QED) is 0.779. The second-order valence-corrected chi connectivity index (χ2v) is 4.53. The minimum Gasteiger partial charge on any atom is -0.390 e. The summed E-state index contributed by atoms with van der Waals surface area (Å²) >= 11 is 1.48. The predicted octanol–water partition coefficient (Wildman–Crippen LogP) is 1.50. The maximum atomic E-state index is 9.67. The molecule has 4 heteroatoms. The average molecular weight is 201 g/mol. The summed E-state index contributed by atoms with van der Waals surface area (Å²) in [7, 11) is 0. The molecule has 0 amide bonds. The van der Waals surface area contributed by atoms with Crippen LogP contribution in [0, 0.1) is 12.8 Å². The molecule has 13 heavy (non-hydrogen) atoms. The number of aliphatic hydroxyl groups excluding tert-OH is 2. The van der Waals surface area contributed by atoms with Crippen molar-refractivity contribution in [2.75, 3.05) is 0 Å². The lowest BCUT2D eigenvalue weighted by Crippen LogP contribution is -2.24. The van der Waals surface area contributed by atoms with Crippen molar-refractivity contribution in [1.82, 2.24) is 4.98 Å². The maximum Gasteiger partial charge on any atom is 0.123 e. The standard InChI is InChI=1S/C9H15NO2S/c1-5(2)8(11)9(12)7-4-13-6(3)10-7/h4-5,8-9,11-12H,1-3H3. The largest absolute Gasteiger partial charge is 0.390 e. The third-order valence-corrected chi connectivity index (χ3v) is 2.74. The zero-order valence-corrected chi connectivity index (χ0v) is 8.88. The molecule has 1 aromatic rings. The van der Waals surface area contributed by atoms with Gasteiger partial charge in [0.25, 0.3) is 0 Å². The van der Waals surface area contributed by atoms with E-state index < -0.39 is 12.2 Å². The topological polar surface area (TPSA) is 53.4 Å². The van der Waals surface area contributed by atoms with Gasteiger partial charge in [-0.2, -0.15) is 0 Å². The van der Waals surface area contributed by atoms with E-state index in [1.54, 1.807) is 5.38 Å². The summed E-state index contributed by atoms with van der Waals surface area (Å²) in [5.74, 6) is 0.0389. The van der Waals surface area contributed by atoms with Crippen molar-refractivity contribution in [1.29, 1.82) is 0 Å². The van der Waals surface area contributed by atoms with Crippen LogP contribution in [-0.2, 0) is 0 Å². The van der Waals surface area contributed by atoms with Crippen molar-refractivity contribution in [3.8, 4) is 0 Å². The van der Waals surface area contributed by atoms with Gasteiger partial charge in [0, 0.05) is 5.38 Å². The molecule has 0 radical (unpaired) electrons. The van der Waals surface area contributed by atoms with E-state index in [-0.39, 0.29) is 5.92 Å². The highest BCUT2D eigenvalue weighted by molar-refractivity contribution is 7.09. The highest BCUT2D eigenvalue weighted by Gasteiger charge is 2.23. The molecule has 2 atom stereocenters. The molecule has 0 saturated heterocycles. The van der Waals surface area contributed by atoms with Gasteiger partial charge in [-0.25, -0.2) is 4.98 Å². The molecular formula is C9H15NO2S. The Labute approximate surface area is 82.1 Å². The fourth-order valence-electron chi connectivity index (χ4n) is 1.06. The molecule has 0 spiro atoms. The Hall–Kier alpha value is -0.450. The van der Waals surface area contributed by atoms with Crippen LogP contribution in [0.4, 0.5) is 0 Å². The van der Waals surface area contributed by atoms with Gasteiger partial charge in [-0.3, -0.25) is 0 Å². The van der Waals surface area contributed by atoms with Gasteiger partial charge in [0.05, 0.1) is 16.8 Å². The Morgan fingerprint density at radius 3 is 2.38 bits per heavy atom. The Bertz CT molecular complexity index is 272. The van der Waals surface area contributed by atoms with Crippen LogP contribution in [0.1, 0.15) is 30.7 Å². The molecule has 0 aliphatic heterocycles. The van der Waals surface area contributed by atoms with Crippen LogP contribution in [0.25, 0.3) is 0 Å². The minimum absolute atomic E-state index is 0.0389. The van der Waals surface area contributed by atoms with Gasteiger partial charge < -0.3 is 10.2 Å². The van der Waals surface area contributed by atoms with E-state index in [9.17, 15) is 10.2 Å². The molecule has 0 aromatic carbocycles. The summed E-state index contributed by atoms with van der Waals surface area (Å²) in [6.07, 6.45) is -1.59. The predicted molar refractivity (Wildman–Crippen MR) is 52.7 cm³/mol. The van der Waals surface area contributed by atoms with Gasteiger partial charge >= 0.3 is 0 Å². The highest BCUT2D eigenvalue weighted by Crippen LogP contribution is 2.22. The van der Waals surface area contributed by atoms with Gasteiger partial charge in [0.2, 0.25) is 0 Å². The first-order valence-electron chi connectivity index (χ1n) is 4.30. The van der Waals surface area contributed by atoms with E-state index in [0.717, 1.165) is 5.01 Å². The van der Waals surface area contributed by atoms with Gasteiger partial charge in [-0.05, 0) is 12.8 Å². The van der Waals surface area contributed by atoms with E-state index >= 15 is 0 Å². The zero-order valence-electron chi connectivity index (χ0n) is 8.06. The fraction of sp³-hybridized carbons (Fsp3) is 0.667. The molecule has 1 aromatic heterocycles. The molecular weight excluding hydrogens is 186 g/mol. The molecule has 0 aliphatic carbocycles. The average Bonchev–Trinajstić information content (AvgIpc) is 2.49. The Balaban J connectivity index is 2.73. The van der Waals surface area contributed by atoms with Crippen molar-refractivity contribution < 1.29 is 10.2 Å². The van der Waals surface area contributed by atoms with Crippen LogP contribution in [-0.4, -0.2) is 21.3 Å². The summed E-state index contributed by atoms with van der Waals surface area (Å²) in [6.45, 7) is 5.61. The van der Waals surface area contributed by atoms with Gasteiger partial charge in [-0.15, -0.1) is 11.3 Å². The normalized spacial score (nSPS) is 16.2. The first-order chi connectivity index (χ1) is 6.02. The third-order valence-electron chi connectivity index (χ3n) is 1.95. The molecule has 74 valence electrons. The number of aliphatic hydroxyl groups is 2. The smallest absolute Gasteiger partial charge is 0.123 e. The summed E-state index contributed by atoms with van der Waals surface area (Å²) in [5, 5.41) is 21.9. The van der Waals surface area contributed by atoms with Gasteiger partial charge in [-0.1, -0.05) is 13.8 Å². The van der Waals surface area contributed by atoms with E-state index in [1.165, 1.54) is 11.3 Å². The number of thiazole rings is 1. The Kier molecular flexibility index (Phi) is 3.41. The molecule has 0 fully saturated rings. The second-order valence-electron chi connectivity index (χ2n) is 3.47. The number of rotatable bonds is 3. The summed E-state index contributed by atoms with van der Waals surface area (Å²) in [5.41, 5.74) is 0.573. The first kappa shape index (κ1) is 10.6. The van der Waals surface area contributed by atoms with Crippen LogP contribution < -0.4 is 0 Å². The summed E-state index contributed by atoms with van der Waals surface area (Å²) in [4.78, 5) is 4.12. The van der Waals surface area contributed by atoms with Crippen molar-refractivity contribution in [2.45, 2.75) is 33.0 Å². The lowest BCUT2D eigenvalue weighted by atomic mass is 10.0. The molecule has 2 N–H and O–H groups in total. The lowest BCUT2D eigenvalue weighted by molar-refractivity contribution is -0.0114. The van der Waals surface area contributed by atoms with E-state index in [4.69, 9.17) is 0 Å². The van der Waals surface area contributed by atoms with Crippen molar-refractivity contribution in [3.05, 3.63) is 16.1 Å². The van der Waals surface area contributed by atoms with E-state index in [0.29, 0.717) is 5.69 Å². The van der Waals surface area contributed by atoms with E-state index in [2.05, 4.69) is 4.98 Å². The van der Waals surface area contributed by atoms with Crippen LogP contribution >= 0.6 is 11.3 Å². The number of hydrogen-bond donors (Lipinski definition) is 2. The minimum atomic E-state index is -0.857. The molecule has 1 heterocycles. The zero-order chi connectivity index (χ0) is 10.0. The first-order valence-corrected chi connectivity index (χ1v) is 5.18. The van der Waals surface area contributed by atoms with Crippen LogP contribution in [0.5, 0.6) is 0 Å². The number of aromatic nitrogens is 1. The number of nitrogens with zero attached hydrogens (tertiary/aromatic N) is 1. The molecule has 1 rings (SSSR count). The monoisotopic (exact) mass is 201 g/mol. The van der Waals surface area contributed by atoms with Crippen LogP contribution in [0.3, 0.4) is 0 Å². The van der Waals surface area contributed by atoms with Crippen molar-refractivity contribution in [3.63, 3.8) is 0 Å². The maximum absolute atomic E-state index is 9.67. The van der Waals surface area contributed by atoms with Crippen LogP contribution in [0.15, 0.2) is 5.38 Å². The second kappa shape index (κ2) is 4.17.